The molecule has 0 bridgehead atoms. The molecule has 2 aromatic rings. The second kappa shape index (κ2) is 5.88. The van der Waals surface area contributed by atoms with Crippen LogP contribution in [-0.2, 0) is 16.1 Å². The lowest BCUT2D eigenvalue weighted by Gasteiger charge is -2.19. The fourth-order valence-electron chi connectivity index (χ4n) is 1.41. The van der Waals surface area contributed by atoms with Crippen LogP contribution >= 0.6 is 23.1 Å². The number of nitrogens with one attached hydrogen (secondary N) is 1. The summed E-state index contributed by atoms with van der Waals surface area (Å²) < 4.78 is 1.79. The molecule has 108 valence electrons. The normalized spacial score (nSPS) is 11.6. The molecule has 0 fully saturated rings. The molecule has 9 heteroatoms. The average molecular weight is 312 g/mol. The van der Waals surface area contributed by atoms with Crippen molar-refractivity contribution in [3.63, 3.8) is 0 Å². The predicted molar refractivity (Wildman–Crippen MR) is 78.8 cm³/mol. The molecule has 1 N–H and O–H groups in total. The van der Waals surface area contributed by atoms with Crippen molar-refractivity contribution in [1.82, 2.24) is 25.2 Å². The number of carbonyl (C=O) groups excluding carboxylic acids is 1. The van der Waals surface area contributed by atoms with Crippen molar-refractivity contribution in [2.45, 2.75) is 44.1 Å². The first kappa shape index (κ1) is 14.9. The molecule has 0 spiro atoms. The highest BCUT2D eigenvalue weighted by molar-refractivity contribution is 7.98. The van der Waals surface area contributed by atoms with Crippen LogP contribution in [0.3, 0.4) is 0 Å². The number of aromatic nitrogens is 5. The monoisotopic (exact) mass is 312 g/mol. The molecule has 0 aliphatic rings. The maximum atomic E-state index is 10.9. The second-order valence-electron chi connectivity index (χ2n) is 5.16. The molecule has 0 aliphatic heterocycles. The first-order valence-corrected chi connectivity index (χ1v) is 7.86. The van der Waals surface area contributed by atoms with Crippen molar-refractivity contribution in [2.75, 3.05) is 5.32 Å². The van der Waals surface area contributed by atoms with Crippen molar-refractivity contribution in [3.05, 3.63) is 11.1 Å². The summed E-state index contributed by atoms with van der Waals surface area (Å²) in [7, 11) is 0. The average Bonchev–Trinajstić information content (AvgIpc) is 2.92. The Balaban J connectivity index is 2.01. The van der Waals surface area contributed by atoms with Crippen molar-refractivity contribution in [3.8, 4) is 0 Å². The summed E-state index contributed by atoms with van der Waals surface area (Å²) in [6, 6.07) is 0. The van der Waals surface area contributed by atoms with E-state index in [-0.39, 0.29) is 11.4 Å². The SMILES string of the molecule is CC(=O)Nc1nc(CSc2nnnn2C(C)(C)C)cs1. The van der Waals surface area contributed by atoms with Gasteiger partial charge in [0.05, 0.1) is 11.2 Å². The van der Waals surface area contributed by atoms with Crippen LogP contribution in [0.2, 0.25) is 0 Å². The van der Waals surface area contributed by atoms with Crippen molar-refractivity contribution in [2.24, 2.45) is 0 Å². The van der Waals surface area contributed by atoms with E-state index in [4.69, 9.17) is 0 Å². The molecular weight excluding hydrogens is 296 g/mol. The Morgan fingerprint density at radius 1 is 1.50 bits per heavy atom. The predicted octanol–water partition coefficient (Wildman–Crippen LogP) is 2.14. The van der Waals surface area contributed by atoms with Gasteiger partial charge in [-0.2, -0.15) is 0 Å². The highest BCUT2D eigenvalue weighted by Crippen LogP contribution is 2.26. The van der Waals surface area contributed by atoms with Crippen LogP contribution in [-0.4, -0.2) is 31.1 Å². The Hall–Kier alpha value is -1.48. The molecule has 7 nitrogen and oxygen atoms in total. The number of thiazole rings is 1. The number of hydrogen-bond donors (Lipinski definition) is 1. The van der Waals surface area contributed by atoms with Gasteiger partial charge in [0.25, 0.3) is 0 Å². The molecule has 0 aromatic carbocycles. The smallest absolute Gasteiger partial charge is 0.223 e. The Bertz CT molecular complexity index is 600. The molecule has 2 aromatic heterocycles. The zero-order chi connectivity index (χ0) is 14.8. The quantitative estimate of drug-likeness (QED) is 0.871. The van der Waals surface area contributed by atoms with E-state index < -0.39 is 0 Å². The zero-order valence-electron chi connectivity index (χ0n) is 11.7. The van der Waals surface area contributed by atoms with Crippen molar-refractivity contribution in [1.29, 1.82) is 0 Å². The molecule has 1 amide bonds. The summed E-state index contributed by atoms with van der Waals surface area (Å²) in [5.41, 5.74) is 0.738. The molecule has 0 saturated carbocycles. The van der Waals surface area contributed by atoms with E-state index in [1.165, 1.54) is 30.0 Å². The molecular formula is C11H16N6OS2. The van der Waals surface area contributed by atoms with E-state index in [2.05, 4.69) is 25.8 Å². The van der Waals surface area contributed by atoms with Gasteiger partial charge in [-0.15, -0.1) is 16.4 Å². The fourth-order valence-corrected chi connectivity index (χ4v) is 3.22. The van der Waals surface area contributed by atoms with E-state index in [9.17, 15) is 4.79 Å². The lowest BCUT2D eigenvalue weighted by Crippen LogP contribution is -2.24. The second-order valence-corrected chi connectivity index (χ2v) is 6.96. The van der Waals surface area contributed by atoms with Gasteiger partial charge in [0.2, 0.25) is 11.1 Å². The summed E-state index contributed by atoms with van der Waals surface area (Å²) in [5.74, 6) is 0.544. The third-order valence-corrected chi connectivity index (χ3v) is 4.02. The number of amides is 1. The van der Waals surface area contributed by atoms with Crippen LogP contribution in [0, 0.1) is 0 Å². The number of carbonyl (C=O) groups is 1. The van der Waals surface area contributed by atoms with E-state index in [1.807, 2.05) is 26.2 Å². The summed E-state index contributed by atoms with van der Waals surface area (Å²) >= 11 is 2.93. The largest absolute Gasteiger partial charge is 0.302 e. The van der Waals surface area contributed by atoms with Crippen LogP contribution in [0.4, 0.5) is 5.13 Å². The minimum atomic E-state index is -0.157. The first-order valence-electron chi connectivity index (χ1n) is 6.00. The lowest BCUT2D eigenvalue weighted by molar-refractivity contribution is -0.114. The van der Waals surface area contributed by atoms with Gasteiger partial charge in [0.15, 0.2) is 5.13 Å². The first-order chi connectivity index (χ1) is 9.36. The topological polar surface area (TPSA) is 85.6 Å². The van der Waals surface area contributed by atoms with Gasteiger partial charge in [0.1, 0.15) is 0 Å². The third kappa shape index (κ3) is 3.76. The summed E-state index contributed by atoms with van der Waals surface area (Å²) in [5, 5.41) is 17.7. The van der Waals surface area contributed by atoms with Crippen LogP contribution < -0.4 is 5.32 Å². The molecule has 0 aliphatic carbocycles. The Labute approximate surface area is 125 Å². The van der Waals surface area contributed by atoms with Crippen LogP contribution in [0.15, 0.2) is 10.5 Å². The van der Waals surface area contributed by atoms with Crippen LogP contribution in [0.25, 0.3) is 0 Å². The van der Waals surface area contributed by atoms with Gasteiger partial charge in [-0.1, -0.05) is 11.8 Å². The summed E-state index contributed by atoms with van der Waals surface area (Å²) in [4.78, 5) is 15.3. The summed E-state index contributed by atoms with van der Waals surface area (Å²) in [6.45, 7) is 7.61. The molecule has 0 radical (unpaired) electrons. The molecule has 0 unspecified atom stereocenters. The highest BCUT2D eigenvalue weighted by Gasteiger charge is 2.20. The maximum Gasteiger partial charge on any atom is 0.223 e. The van der Waals surface area contributed by atoms with E-state index in [0.717, 1.165) is 10.9 Å². The number of hydrogen-bond acceptors (Lipinski definition) is 7. The van der Waals surface area contributed by atoms with Crippen molar-refractivity contribution < 1.29 is 4.79 Å². The van der Waals surface area contributed by atoms with Gasteiger partial charge in [-0.05, 0) is 31.2 Å². The standard InChI is InChI=1S/C11H16N6OS2/c1-7(18)12-9-13-8(5-19-9)6-20-10-14-15-16-17(10)11(2,3)4/h5H,6H2,1-4H3,(H,12,13,18). The number of anilines is 1. The zero-order valence-corrected chi connectivity index (χ0v) is 13.4. The van der Waals surface area contributed by atoms with E-state index in [0.29, 0.717) is 10.9 Å². The van der Waals surface area contributed by atoms with Gasteiger partial charge in [-0.25, -0.2) is 9.67 Å². The lowest BCUT2D eigenvalue weighted by atomic mass is 10.1. The van der Waals surface area contributed by atoms with Gasteiger partial charge in [-0.3, -0.25) is 4.79 Å². The third-order valence-electron chi connectivity index (χ3n) is 2.26. The summed E-state index contributed by atoms with van der Waals surface area (Å²) in [6.07, 6.45) is 0. The molecule has 0 atom stereocenters. The Morgan fingerprint density at radius 3 is 2.90 bits per heavy atom. The fraction of sp³-hybridized carbons (Fsp3) is 0.545. The molecule has 20 heavy (non-hydrogen) atoms. The Kier molecular flexibility index (Phi) is 4.39. The minimum Gasteiger partial charge on any atom is -0.302 e. The molecule has 2 rings (SSSR count). The minimum absolute atomic E-state index is 0.116. The number of rotatable bonds is 4. The van der Waals surface area contributed by atoms with Gasteiger partial charge < -0.3 is 5.32 Å². The van der Waals surface area contributed by atoms with Crippen LogP contribution in [0.1, 0.15) is 33.4 Å². The van der Waals surface area contributed by atoms with Crippen molar-refractivity contribution >= 4 is 34.1 Å². The highest BCUT2D eigenvalue weighted by atomic mass is 32.2. The Morgan fingerprint density at radius 2 is 2.25 bits per heavy atom. The number of tetrazole rings is 1. The molecule has 0 saturated heterocycles. The van der Waals surface area contributed by atoms with Crippen LogP contribution in [0.5, 0.6) is 0 Å². The van der Waals surface area contributed by atoms with Gasteiger partial charge >= 0.3 is 0 Å². The number of nitrogens with zero attached hydrogens (tertiary/aromatic N) is 5. The van der Waals surface area contributed by atoms with E-state index in [1.54, 1.807) is 4.68 Å². The number of thioether (sulfide) groups is 1. The van der Waals surface area contributed by atoms with E-state index >= 15 is 0 Å². The maximum absolute atomic E-state index is 10.9. The van der Waals surface area contributed by atoms with Gasteiger partial charge in [0, 0.05) is 18.1 Å². The molecule has 2 heterocycles.